The van der Waals surface area contributed by atoms with Crippen LogP contribution in [0.25, 0.3) is 22.3 Å². The average Bonchev–Trinajstić information content (AvgIpc) is 3.44. The summed E-state index contributed by atoms with van der Waals surface area (Å²) >= 11 is 1.45. The van der Waals surface area contributed by atoms with Crippen LogP contribution in [0.1, 0.15) is 64.6 Å². The SMILES string of the molecule is C=CC1CC1(NC(=O)C1CC(Oc2cc(-c3csc(NC(C)C)n3)nc3cc(OC)ccc23)CN1C(=O)N[C@H](C(=O)N[C@H]1c2ccccc2C[C@H]1O)C(C)(C)C)C(=O)O. The highest BCUT2D eigenvalue weighted by Gasteiger charge is 2.61. The van der Waals surface area contributed by atoms with Gasteiger partial charge in [0.1, 0.15) is 40.9 Å². The number of methoxy groups -OCH3 is 1. The van der Waals surface area contributed by atoms with Crippen LogP contribution < -0.4 is 30.7 Å². The average molecular weight is 826 g/mol. The van der Waals surface area contributed by atoms with Gasteiger partial charge >= 0.3 is 12.0 Å². The molecule has 7 atom stereocenters. The number of aliphatic hydroxyl groups is 1. The van der Waals surface area contributed by atoms with Crippen molar-refractivity contribution in [2.45, 2.75) is 95.8 Å². The summed E-state index contributed by atoms with van der Waals surface area (Å²) in [5, 5.41) is 36.2. The Balaban J connectivity index is 1.18. The first kappa shape index (κ1) is 41.4. The molecular weight excluding hydrogens is 775 g/mol. The zero-order chi connectivity index (χ0) is 42.4. The van der Waals surface area contributed by atoms with Crippen LogP contribution >= 0.6 is 11.3 Å². The molecule has 0 radical (unpaired) electrons. The van der Waals surface area contributed by atoms with Crippen LogP contribution in [0, 0.1) is 11.3 Å². The number of benzene rings is 2. The Morgan fingerprint density at radius 3 is 2.53 bits per heavy atom. The third-order valence-corrected chi connectivity index (χ3v) is 12.0. The molecule has 2 aromatic carbocycles. The number of aliphatic hydroxyl groups excluding tert-OH is 1. The number of fused-ring (bicyclic) bond motifs is 2. The van der Waals surface area contributed by atoms with E-state index in [-0.39, 0.29) is 25.4 Å². The van der Waals surface area contributed by atoms with E-state index in [0.29, 0.717) is 40.2 Å². The summed E-state index contributed by atoms with van der Waals surface area (Å²) in [7, 11) is 1.56. The Bertz CT molecular complexity index is 2290. The summed E-state index contributed by atoms with van der Waals surface area (Å²) in [4.78, 5) is 65.9. The molecule has 3 heterocycles. The molecular formula is C43H51N7O8S. The number of hydrogen-bond donors (Lipinski definition) is 6. The number of carboxylic acid groups (broad SMARTS) is 1. The van der Waals surface area contributed by atoms with Gasteiger partial charge in [0.2, 0.25) is 11.8 Å². The second kappa shape index (κ2) is 16.1. The zero-order valence-corrected chi connectivity index (χ0v) is 34.8. The lowest BCUT2D eigenvalue weighted by Gasteiger charge is -2.34. The van der Waals surface area contributed by atoms with Gasteiger partial charge in [-0.05, 0) is 48.9 Å². The van der Waals surface area contributed by atoms with Gasteiger partial charge in [0.25, 0.3) is 0 Å². The minimum absolute atomic E-state index is 0.0135. The summed E-state index contributed by atoms with van der Waals surface area (Å²) in [6.07, 6.45) is 0.468. The van der Waals surface area contributed by atoms with Crippen molar-refractivity contribution >= 4 is 51.2 Å². The minimum Gasteiger partial charge on any atom is -0.497 e. The number of carboxylic acids is 1. The Hall–Kier alpha value is -5.74. The van der Waals surface area contributed by atoms with Gasteiger partial charge in [-0.2, -0.15) is 0 Å². The summed E-state index contributed by atoms with van der Waals surface area (Å²) in [5.74, 6) is -1.83. The third kappa shape index (κ3) is 8.41. The maximum absolute atomic E-state index is 14.4. The maximum Gasteiger partial charge on any atom is 0.330 e. The molecule has 59 heavy (non-hydrogen) atoms. The number of anilines is 1. The van der Waals surface area contributed by atoms with E-state index < -0.39 is 71.0 Å². The topological polar surface area (TPSA) is 204 Å². The van der Waals surface area contributed by atoms with E-state index in [2.05, 4.69) is 27.8 Å². The highest BCUT2D eigenvalue weighted by Crippen LogP contribution is 2.45. The monoisotopic (exact) mass is 825 g/mol. The number of aromatic nitrogens is 2. The number of aliphatic carboxylic acids is 1. The molecule has 312 valence electrons. The normalized spacial score (nSPS) is 23.9. The van der Waals surface area contributed by atoms with E-state index in [4.69, 9.17) is 19.4 Å². The summed E-state index contributed by atoms with van der Waals surface area (Å²) in [6, 6.07) is 11.2. The fourth-order valence-corrected chi connectivity index (χ4v) is 8.81. The third-order valence-electron chi connectivity index (χ3n) is 11.2. The molecule has 2 aromatic heterocycles. The van der Waals surface area contributed by atoms with Gasteiger partial charge in [-0.1, -0.05) is 51.1 Å². The van der Waals surface area contributed by atoms with Crippen molar-refractivity contribution in [2.75, 3.05) is 19.0 Å². The van der Waals surface area contributed by atoms with Crippen molar-refractivity contribution in [1.29, 1.82) is 0 Å². The van der Waals surface area contributed by atoms with E-state index in [9.17, 15) is 29.4 Å². The highest BCUT2D eigenvalue weighted by atomic mass is 32.1. The van der Waals surface area contributed by atoms with E-state index in [1.165, 1.54) is 22.3 Å². The number of pyridine rings is 1. The minimum atomic E-state index is -1.54. The Kier molecular flexibility index (Phi) is 11.3. The lowest BCUT2D eigenvalue weighted by Crippen LogP contribution is -2.60. The Morgan fingerprint density at radius 2 is 1.85 bits per heavy atom. The van der Waals surface area contributed by atoms with E-state index >= 15 is 0 Å². The van der Waals surface area contributed by atoms with Crippen molar-refractivity contribution in [3.63, 3.8) is 0 Å². The van der Waals surface area contributed by atoms with E-state index in [1.54, 1.807) is 46.1 Å². The molecule has 3 aliphatic rings. The van der Waals surface area contributed by atoms with Crippen molar-refractivity contribution < 1.29 is 38.9 Å². The molecule has 1 saturated heterocycles. The van der Waals surface area contributed by atoms with Gasteiger partial charge in [0.15, 0.2) is 5.13 Å². The van der Waals surface area contributed by atoms with Gasteiger partial charge in [-0.3, -0.25) is 9.59 Å². The Labute approximate surface area is 346 Å². The second-order valence-corrected chi connectivity index (χ2v) is 17.7. The zero-order valence-electron chi connectivity index (χ0n) is 33.9. The molecule has 4 aromatic rings. The first-order valence-corrected chi connectivity index (χ1v) is 20.6. The van der Waals surface area contributed by atoms with Gasteiger partial charge in [0.05, 0.1) is 37.0 Å². The fourth-order valence-electron chi connectivity index (χ4n) is 7.96. The summed E-state index contributed by atoms with van der Waals surface area (Å²) in [5.41, 5.74) is 1.13. The van der Waals surface area contributed by atoms with Gasteiger partial charge < -0.3 is 45.9 Å². The predicted octanol–water partition coefficient (Wildman–Crippen LogP) is 5.05. The van der Waals surface area contributed by atoms with Crippen molar-refractivity contribution in [3.8, 4) is 22.9 Å². The highest BCUT2D eigenvalue weighted by molar-refractivity contribution is 7.14. The largest absolute Gasteiger partial charge is 0.497 e. The van der Waals surface area contributed by atoms with Crippen molar-refractivity contribution in [2.24, 2.45) is 11.3 Å². The molecule has 6 N–H and O–H groups in total. The number of nitrogens with zero attached hydrogens (tertiary/aromatic N) is 3. The number of hydrogen-bond acceptors (Lipinski definition) is 11. The molecule has 4 amide bonds. The fraction of sp³-hybridized carbons (Fsp3) is 0.442. The van der Waals surface area contributed by atoms with Crippen LogP contribution in [0.3, 0.4) is 0 Å². The van der Waals surface area contributed by atoms with Crippen molar-refractivity contribution in [1.82, 2.24) is 30.8 Å². The van der Waals surface area contributed by atoms with Crippen LogP contribution in [0.2, 0.25) is 0 Å². The number of carbonyl (C=O) groups excluding carboxylic acids is 3. The summed E-state index contributed by atoms with van der Waals surface area (Å²) in [6.45, 7) is 13.1. The molecule has 2 aliphatic carbocycles. The first-order chi connectivity index (χ1) is 28.0. The van der Waals surface area contributed by atoms with Gasteiger partial charge in [0, 0.05) is 47.7 Å². The number of carbonyl (C=O) groups is 4. The molecule has 1 aliphatic heterocycles. The van der Waals surface area contributed by atoms with Gasteiger partial charge in [-0.25, -0.2) is 19.6 Å². The second-order valence-electron chi connectivity index (χ2n) is 16.9. The molecule has 1 saturated carbocycles. The Morgan fingerprint density at radius 1 is 1.08 bits per heavy atom. The number of amides is 4. The van der Waals surface area contributed by atoms with Crippen molar-refractivity contribution in [3.05, 3.63) is 77.7 Å². The maximum atomic E-state index is 14.4. The lowest BCUT2D eigenvalue weighted by atomic mass is 9.86. The molecule has 15 nitrogen and oxygen atoms in total. The van der Waals surface area contributed by atoms with Crippen LogP contribution in [0.4, 0.5) is 9.93 Å². The number of nitrogens with one attached hydrogen (secondary N) is 4. The van der Waals surface area contributed by atoms with Crippen LogP contribution in [0.5, 0.6) is 11.5 Å². The first-order valence-electron chi connectivity index (χ1n) is 19.7. The van der Waals surface area contributed by atoms with Gasteiger partial charge in [-0.15, -0.1) is 17.9 Å². The molecule has 7 rings (SSSR count). The van der Waals surface area contributed by atoms with E-state index in [0.717, 1.165) is 16.3 Å². The molecule has 2 fully saturated rings. The van der Waals surface area contributed by atoms with Crippen LogP contribution in [0.15, 0.2) is 66.6 Å². The number of likely N-dealkylation sites (tertiary alicyclic amines) is 1. The smallest absolute Gasteiger partial charge is 0.330 e. The number of ether oxygens (including phenoxy) is 2. The molecule has 0 bridgehead atoms. The van der Waals surface area contributed by atoms with Crippen LogP contribution in [-0.2, 0) is 20.8 Å². The van der Waals surface area contributed by atoms with E-state index in [1.807, 2.05) is 49.6 Å². The van der Waals surface area contributed by atoms with Crippen LogP contribution in [-0.4, -0.2) is 98.4 Å². The number of thiazole rings is 1. The molecule has 4 unspecified atom stereocenters. The number of rotatable bonds is 13. The molecule has 16 heteroatoms. The quantitative estimate of drug-likeness (QED) is 0.0985. The lowest BCUT2D eigenvalue weighted by molar-refractivity contribution is -0.144. The number of urea groups is 1. The standard InChI is InChI=1S/C43H51N7O8S/c1-8-24-19-43(24,39(54)55)49-37(52)32-17-26(58-34-18-30(31-21-59-40(46-31)44-22(2)3)45-29-16-25(57-7)13-14-28(29)34)20-50(32)41(56)48-36(42(4,5)6)38(53)47-35-27-12-10-9-11-23(27)15-33(35)51/h8-14,16,18,21-22,24,26,32-33,35-36,51H,1,15,17,19-20H2,2-7H3,(H,44,46)(H,47,53)(H,48,56)(H,49,52)(H,54,55)/t24?,26?,32?,33-,35+,36-,43?/m1/s1. The predicted molar refractivity (Wildman–Crippen MR) is 223 cm³/mol. The summed E-state index contributed by atoms with van der Waals surface area (Å²) < 4.78 is 12.2. The molecule has 0 spiro atoms.